The number of nitriles is 1. The number of thiophene rings is 1. The van der Waals surface area contributed by atoms with Crippen molar-refractivity contribution in [3.63, 3.8) is 0 Å². The number of nitrogens with one attached hydrogen (secondary N) is 1. The van der Waals surface area contributed by atoms with E-state index in [9.17, 15) is 9.18 Å². The topological polar surface area (TPSA) is 84.2 Å². The molecule has 24 heavy (non-hydrogen) atoms. The molecular weight excluding hydrogens is 333 g/mol. The van der Waals surface area contributed by atoms with Gasteiger partial charge in [-0.2, -0.15) is 5.26 Å². The van der Waals surface area contributed by atoms with Crippen LogP contribution in [-0.4, -0.2) is 36.8 Å². The van der Waals surface area contributed by atoms with Gasteiger partial charge in [-0.25, -0.2) is 9.37 Å². The van der Waals surface area contributed by atoms with Crippen LogP contribution >= 0.6 is 11.3 Å². The minimum absolute atomic E-state index is 0.167. The molecule has 1 amide bonds. The maximum absolute atomic E-state index is 13.8. The summed E-state index contributed by atoms with van der Waals surface area (Å²) < 4.78 is 25.5. The first kappa shape index (κ1) is 16.5. The quantitative estimate of drug-likeness (QED) is 0.896. The van der Waals surface area contributed by atoms with Crippen LogP contribution < -0.4 is 14.8 Å². The van der Waals surface area contributed by atoms with E-state index in [1.807, 2.05) is 13.0 Å². The number of pyridine rings is 1. The van der Waals surface area contributed by atoms with E-state index in [4.69, 9.17) is 14.7 Å². The Hall–Kier alpha value is -2.40. The molecule has 0 spiro atoms. The molecule has 0 aliphatic carbocycles. The summed E-state index contributed by atoms with van der Waals surface area (Å²) in [6.45, 7) is 2.01. The lowest BCUT2D eigenvalue weighted by Crippen LogP contribution is -2.34. The van der Waals surface area contributed by atoms with Crippen molar-refractivity contribution in [2.75, 3.05) is 13.7 Å². The first-order valence-corrected chi connectivity index (χ1v) is 8.40. The van der Waals surface area contributed by atoms with Gasteiger partial charge < -0.3 is 14.8 Å². The highest BCUT2D eigenvalue weighted by Gasteiger charge is 2.41. The van der Waals surface area contributed by atoms with Crippen LogP contribution in [0.3, 0.4) is 0 Å². The number of amides is 1. The number of carbonyl (C=O) groups excluding carboxylic acids is 1. The number of ether oxygens (including phenoxy) is 2. The molecule has 1 aliphatic rings. The number of aromatic nitrogens is 1. The van der Waals surface area contributed by atoms with Crippen molar-refractivity contribution >= 4 is 27.5 Å². The minimum Gasteiger partial charge on any atom is -0.488 e. The van der Waals surface area contributed by atoms with Crippen molar-refractivity contribution in [3.8, 4) is 17.7 Å². The molecule has 1 aliphatic heterocycles. The van der Waals surface area contributed by atoms with E-state index in [0.717, 1.165) is 4.70 Å². The normalized spacial score (nSPS) is 23.1. The fraction of sp³-hybridized carbons (Fsp3) is 0.438. The van der Waals surface area contributed by atoms with Crippen LogP contribution in [0.2, 0.25) is 0 Å². The molecule has 1 saturated heterocycles. The number of nitrogens with zero attached hydrogens (tertiary/aromatic N) is 2. The predicted octanol–water partition coefficient (Wildman–Crippen LogP) is 2.42. The first-order valence-electron chi connectivity index (χ1n) is 7.52. The van der Waals surface area contributed by atoms with Gasteiger partial charge in [-0.3, -0.25) is 4.79 Å². The zero-order chi connectivity index (χ0) is 17.3. The number of halogens is 1. The van der Waals surface area contributed by atoms with Crippen molar-refractivity contribution in [1.29, 1.82) is 5.26 Å². The molecule has 0 aromatic carbocycles. The van der Waals surface area contributed by atoms with Crippen LogP contribution in [0.5, 0.6) is 11.6 Å². The largest absolute Gasteiger partial charge is 0.488 e. The van der Waals surface area contributed by atoms with Gasteiger partial charge in [-0.05, 0) is 12.5 Å². The van der Waals surface area contributed by atoms with Gasteiger partial charge in [-0.15, -0.1) is 11.3 Å². The summed E-state index contributed by atoms with van der Waals surface area (Å²) >= 11 is 1.40. The SMILES string of the molecule is CCC1C(COc2csc3cc(C#N)c(OC)nc23)NC(=O)C1F. The van der Waals surface area contributed by atoms with Gasteiger partial charge in [0.25, 0.3) is 5.91 Å². The van der Waals surface area contributed by atoms with E-state index in [1.165, 1.54) is 18.4 Å². The molecule has 126 valence electrons. The molecule has 8 heteroatoms. The highest BCUT2D eigenvalue weighted by Crippen LogP contribution is 2.34. The molecule has 2 aromatic heterocycles. The predicted molar refractivity (Wildman–Crippen MR) is 87.0 cm³/mol. The number of hydrogen-bond donors (Lipinski definition) is 1. The number of fused-ring (bicyclic) bond motifs is 1. The monoisotopic (exact) mass is 349 g/mol. The molecule has 2 aromatic rings. The van der Waals surface area contributed by atoms with Gasteiger partial charge in [0.1, 0.15) is 23.8 Å². The molecule has 3 atom stereocenters. The lowest BCUT2D eigenvalue weighted by molar-refractivity contribution is -0.123. The number of methoxy groups -OCH3 is 1. The average Bonchev–Trinajstić information content (AvgIpc) is 3.11. The summed E-state index contributed by atoms with van der Waals surface area (Å²) in [7, 11) is 1.45. The maximum Gasteiger partial charge on any atom is 0.255 e. The van der Waals surface area contributed by atoms with E-state index in [-0.39, 0.29) is 18.5 Å². The van der Waals surface area contributed by atoms with E-state index in [0.29, 0.717) is 23.3 Å². The molecule has 1 N–H and O–H groups in total. The number of hydrogen-bond acceptors (Lipinski definition) is 6. The van der Waals surface area contributed by atoms with Crippen LogP contribution in [0, 0.1) is 17.2 Å². The fourth-order valence-corrected chi connectivity index (χ4v) is 3.72. The van der Waals surface area contributed by atoms with E-state index < -0.39 is 18.0 Å². The molecule has 1 fully saturated rings. The molecule has 0 radical (unpaired) electrons. The second-order valence-corrected chi connectivity index (χ2v) is 6.41. The first-order chi connectivity index (χ1) is 11.6. The maximum atomic E-state index is 13.8. The molecule has 0 saturated carbocycles. The van der Waals surface area contributed by atoms with Gasteiger partial charge in [0.15, 0.2) is 11.9 Å². The summed E-state index contributed by atoms with van der Waals surface area (Å²) in [5.74, 6) is -0.207. The van der Waals surface area contributed by atoms with Gasteiger partial charge >= 0.3 is 0 Å². The number of rotatable bonds is 5. The Morgan fingerprint density at radius 2 is 2.33 bits per heavy atom. The van der Waals surface area contributed by atoms with E-state index >= 15 is 0 Å². The van der Waals surface area contributed by atoms with Gasteiger partial charge in [0, 0.05) is 11.3 Å². The van der Waals surface area contributed by atoms with Crippen LogP contribution in [0.25, 0.3) is 10.2 Å². The van der Waals surface area contributed by atoms with Crippen molar-refractivity contribution in [2.24, 2.45) is 5.92 Å². The summed E-state index contributed by atoms with van der Waals surface area (Å²) in [4.78, 5) is 15.8. The molecule has 0 bridgehead atoms. The third-order valence-corrected chi connectivity index (χ3v) is 5.05. The summed E-state index contributed by atoms with van der Waals surface area (Å²) in [6.07, 6.45) is -0.935. The Labute approximate surface area is 142 Å². The van der Waals surface area contributed by atoms with Crippen LogP contribution in [0.4, 0.5) is 4.39 Å². The van der Waals surface area contributed by atoms with Crippen LogP contribution in [-0.2, 0) is 4.79 Å². The summed E-state index contributed by atoms with van der Waals surface area (Å²) in [6, 6.07) is 3.37. The minimum atomic E-state index is -1.49. The third-order valence-electron chi connectivity index (χ3n) is 4.15. The fourth-order valence-electron chi connectivity index (χ4n) is 2.86. The van der Waals surface area contributed by atoms with Crippen LogP contribution in [0.15, 0.2) is 11.4 Å². The molecule has 3 unspecified atom stereocenters. The molecule has 6 nitrogen and oxygen atoms in total. The number of alkyl halides is 1. The Morgan fingerprint density at radius 3 is 3.00 bits per heavy atom. The zero-order valence-corrected chi connectivity index (χ0v) is 14.0. The van der Waals surface area contributed by atoms with E-state index in [1.54, 1.807) is 11.4 Å². The Bertz CT molecular complexity index is 817. The highest BCUT2D eigenvalue weighted by molar-refractivity contribution is 7.17. The van der Waals surface area contributed by atoms with Crippen molar-refractivity contribution in [2.45, 2.75) is 25.6 Å². The summed E-state index contributed by atoms with van der Waals surface area (Å²) in [5.41, 5.74) is 0.942. The van der Waals surface area contributed by atoms with Crippen molar-refractivity contribution in [1.82, 2.24) is 10.3 Å². The third kappa shape index (κ3) is 2.76. The van der Waals surface area contributed by atoms with Gasteiger partial charge in [0.05, 0.1) is 17.9 Å². The molecule has 3 rings (SSSR count). The highest BCUT2D eigenvalue weighted by atomic mass is 32.1. The Balaban J connectivity index is 1.81. The Kier molecular flexibility index (Phi) is 4.53. The summed E-state index contributed by atoms with van der Waals surface area (Å²) in [5, 5.41) is 13.5. The van der Waals surface area contributed by atoms with Crippen LogP contribution in [0.1, 0.15) is 18.9 Å². The van der Waals surface area contributed by atoms with E-state index in [2.05, 4.69) is 10.3 Å². The zero-order valence-electron chi connectivity index (χ0n) is 13.2. The van der Waals surface area contributed by atoms with Gasteiger partial charge in [-0.1, -0.05) is 6.92 Å². The van der Waals surface area contributed by atoms with Crippen molar-refractivity contribution < 1.29 is 18.7 Å². The average molecular weight is 349 g/mol. The lowest BCUT2D eigenvalue weighted by Gasteiger charge is -2.18. The lowest BCUT2D eigenvalue weighted by atomic mass is 9.97. The smallest absolute Gasteiger partial charge is 0.255 e. The van der Waals surface area contributed by atoms with Crippen molar-refractivity contribution in [3.05, 3.63) is 17.0 Å². The Morgan fingerprint density at radius 1 is 1.54 bits per heavy atom. The second kappa shape index (κ2) is 6.61. The standard InChI is InChI=1S/C16H16FN3O3S/c1-3-9-10(19-15(21)13(9)17)6-23-11-7-24-12-4-8(5-18)16(22-2)20-14(11)12/h4,7,9-10,13H,3,6H2,1-2H3,(H,19,21). The molecule has 3 heterocycles. The molecular formula is C16H16FN3O3S. The number of carbonyl (C=O) groups is 1. The second-order valence-electron chi connectivity index (χ2n) is 5.50. The van der Waals surface area contributed by atoms with Gasteiger partial charge in [0.2, 0.25) is 5.88 Å².